The molecule has 0 aromatic heterocycles. The van der Waals surface area contributed by atoms with E-state index in [1.165, 1.54) is 18.2 Å². The first-order valence-electron chi connectivity index (χ1n) is 4.89. The lowest BCUT2D eigenvalue weighted by atomic mass is 9.88. The van der Waals surface area contributed by atoms with Crippen molar-refractivity contribution in [3.05, 3.63) is 29.6 Å². The molecule has 0 fully saturated rings. The lowest BCUT2D eigenvalue weighted by molar-refractivity contribution is -0.141. The molecule has 1 aromatic carbocycles. The number of halogens is 1. The molecule has 1 aromatic rings. The maximum atomic E-state index is 13.0. The molecule has 0 amide bonds. The molecule has 0 saturated carbocycles. The van der Waals surface area contributed by atoms with Crippen molar-refractivity contribution in [2.45, 2.75) is 25.0 Å². The highest BCUT2D eigenvalue weighted by atomic mass is 19.1. The average Bonchev–Trinajstić information content (AvgIpc) is 2.16. The summed E-state index contributed by atoms with van der Waals surface area (Å²) >= 11 is 0. The van der Waals surface area contributed by atoms with Crippen LogP contribution in [0.5, 0.6) is 5.75 Å². The Balaban J connectivity index is 2.51. The van der Waals surface area contributed by atoms with Crippen LogP contribution in [0.25, 0.3) is 0 Å². The summed E-state index contributed by atoms with van der Waals surface area (Å²) in [4.78, 5) is 11.1. The van der Waals surface area contributed by atoms with Gasteiger partial charge >= 0.3 is 5.97 Å². The van der Waals surface area contributed by atoms with Gasteiger partial charge < -0.3 is 9.84 Å². The van der Waals surface area contributed by atoms with E-state index in [1.807, 2.05) is 0 Å². The smallest absolute Gasteiger partial charge is 0.311 e. The van der Waals surface area contributed by atoms with Crippen LogP contribution in [0.1, 0.15) is 24.8 Å². The Bertz CT molecular complexity index is 445. The Labute approximate surface area is 91.8 Å². The highest BCUT2D eigenvalue weighted by Crippen LogP contribution is 2.39. The van der Waals surface area contributed by atoms with Gasteiger partial charge in [-0.3, -0.25) is 10.5 Å². The van der Waals surface area contributed by atoms with E-state index in [4.69, 9.17) is 15.6 Å². The average molecular weight is 225 g/mol. The van der Waals surface area contributed by atoms with E-state index in [2.05, 4.69) is 0 Å². The summed E-state index contributed by atoms with van der Waals surface area (Å²) in [5.74, 6) is -1.99. The van der Waals surface area contributed by atoms with Crippen LogP contribution in [-0.2, 0) is 4.79 Å². The van der Waals surface area contributed by atoms with Gasteiger partial charge in [0.1, 0.15) is 11.6 Å². The lowest BCUT2D eigenvalue weighted by Crippen LogP contribution is -2.47. The number of fused-ring (bicyclic) bond motifs is 1. The summed E-state index contributed by atoms with van der Waals surface area (Å²) in [5.41, 5.74) is 5.09. The van der Waals surface area contributed by atoms with Crippen molar-refractivity contribution in [1.82, 2.24) is 0 Å². The van der Waals surface area contributed by atoms with E-state index in [1.54, 1.807) is 6.92 Å². The predicted octanol–water partition coefficient (Wildman–Crippen LogP) is 1.45. The topological polar surface area (TPSA) is 72.6 Å². The van der Waals surface area contributed by atoms with Crippen LogP contribution in [0, 0.1) is 5.82 Å². The van der Waals surface area contributed by atoms with Crippen LogP contribution in [-0.4, -0.2) is 16.8 Å². The maximum Gasteiger partial charge on any atom is 0.311 e. The standard InChI is InChI=1S/C11H12FNO3/c1-11(13)5-8(10(14)15)7-4-6(12)2-3-9(7)16-11/h2-4,8H,5,13H2,1H3,(H,14,15)/t8?,11-/m1/s1. The zero-order valence-electron chi connectivity index (χ0n) is 8.74. The minimum atomic E-state index is -1.03. The Morgan fingerprint density at radius 1 is 1.69 bits per heavy atom. The molecular weight excluding hydrogens is 213 g/mol. The van der Waals surface area contributed by atoms with Gasteiger partial charge in [0, 0.05) is 12.0 Å². The molecule has 2 atom stereocenters. The summed E-state index contributed by atoms with van der Waals surface area (Å²) in [6, 6.07) is 3.81. The molecule has 0 saturated heterocycles. The van der Waals surface area contributed by atoms with Gasteiger partial charge in [0.05, 0.1) is 5.92 Å². The van der Waals surface area contributed by atoms with Crippen molar-refractivity contribution >= 4 is 5.97 Å². The van der Waals surface area contributed by atoms with Gasteiger partial charge in [-0.25, -0.2) is 4.39 Å². The minimum Gasteiger partial charge on any atom is -0.481 e. The molecule has 1 unspecified atom stereocenters. The van der Waals surface area contributed by atoms with Crippen molar-refractivity contribution in [3.63, 3.8) is 0 Å². The molecule has 1 heterocycles. The van der Waals surface area contributed by atoms with E-state index >= 15 is 0 Å². The van der Waals surface area contributed by atoms with Crippen LogP contribution < -0.4 is 10.5 Å². The number of nitrogens with two attached hydrogens (primary N) is 1. The van der Waals surface area contributed by atoms with Crippen molar-refractivity contribution in [2.24, 2.45) is 5.73 Å². The summed E-state index contributed by atoms with van der Waals surface area (Å²) in [6.07, 6.45) is 0.124. The molecule has 1 aliphatic heterocycles. The molecule has 0 aliphatic carbocycles. The van der Waals surface area contributed by atoms with E-state index in [0.717, 1.165) is 0 Å². The maximum absolute atomic E-state index is 13.0. The van der Waals surface area contributed by atoms with Crippen LogP contribution in [0.3, 0.4) is 0 Å². The second-order valence-electron chi connectivity index (χ2n) is 4.19. The number of ether oxygens (including phenoxy) is 1. The molecule has 3 N–H and O–H groups in total. The highest BCUT2D eigenvalue weighted by Gasteiger charge is 2.38. The number of carboxylic acid groups (broad SMARTS) is 1. The Kier molecular flexibility index (Phi) is 2.35. The van der Waals surface area contributed by atoms with Gasteiger partial charge in [0.25, 0.3) is 0 Å². The molecule has 1 aliphatic rings. The first kappa shape index (κ1) is 10.9. The second-order valence-corrected chi connectivity index (χ2v) is 4.19. The van der Waals surface area contributed by atoms with Crippen LogP contribution in [0.4, 0.5) is 4.39 Å². The van der Waals surface area contributed by atoms with Crippen LogP contribution >= 0.6 is 0 Å². The van der Waals surface area contributed by atoms with E-state index in [9.17, 15) is 9.18 Å². The summed E-state index contributed by atoms with van der Waals surface area (Å²) < 4.78 is 18.4. The normalized spacial score (nSPS) is 28.1. The molecular formula is C11H12FNO3. The Hall–Kier alpha value is -1.62. The van der Waals surface area contributed by atoms with Gasteiger partial charge in [-0.05, 0) is 25.1 Å². The first-order valence-corrected chi connectivity index (χ1v) is 4.89. The minimum absolute atomic E-state index is 0.124. The fraction of sp³-hybridized carbons (Fsp3) is 0.364. The van der Waals surface area contributed by atoms with Crippen molar-refractivity contribution in [2.75, 3.05) is 0 Å². The molecule has 16 heavy (non-hydrogen) atoms. The van der Waals surface area contributed by atoms with Crippen molar-refractivity contribution < 1.29 is 19.0 Å². The summed E-state index contributed by atoms with van der Waals surface area (Å²) in [6.45, 7) is 1.61. The van der Waals surface area contributed by atoms with Crippen LogP contribution in [0.15, 0.2) is 18.2 Å². The monoisotopic (exact) mass is 225 g/mol. The van der Waals surface area contributed by atoms with E-state index in [0.29, 0.717) is 11.3 Å². The first-order chi connectivity index (χ1) is 7.39. The van der Waals surface area contributed by atoms with Gasteiger partial charge in [0.15, 0.2) is 5.72 Å². The van der Waals surface area contributed by atoms with E-state index < -0.39 is 23.4 Å². The molecule has 2 rings (SSSR count). The quantitative estimate of drug-likeness (QED) is 0.758. The summed E-state index contributed by atoms with van der Waals surface area (Å²) in [5, 5.41) is 9.07. The predicted molar refractivity (Wildman–Crippen MR) is 54.6 cm³/mol. The third kappa shape index (κ3) is 1.86. The number of hydrogen-bond donors (Lipinski definition) is 2. The molecule has 4 nitrogen and oxygen atoms in total. The van der Waals surface area contributed by atoms with Crippen LogP contribution in [0.2, 0.25) is 0 Å². The molecule has 0 bridgehead atoms. The molecule has 5 heteroatoms. The number of carbonyl (C=O) groups is 1. The molecule has 0 radical (unpaired) electrons. The largest absolute Gasteiger partial charge is 0.481 e. The molecule has 0 spiro atoms. The number of benzene rings is 1. The fourth-order valence-electron chi connectivity index (χ4n) is 1.91. The van der Waals surface area contributed by atoms with Gasteiger partial charge in [-0.2, -0.15) is 0 Å². The number of carboxylic acids is 1. The highest BCUT2D eigenvalue weighted by molar-refractivity contribution is 5.77. The zero-order chi connectivity index (χ0) is 11.9. The lowest BCUT2D eigenvalue weighted by Gasteiger charge is -2.35. The van der Waals surface area contributed by atoms with Crippen molar-refractivity contribution in [1.29, 1.82) is 0 Å². The Morgan fingerprint density at radius 2 is 2.38 bits per heavy atom. The van der Waals surface area contributed by atoms with Gasteiger partial charge in [-0.1, -0.05) is 0 Å². The van der Waals surface area contributed by atoms with Gasteiger partial charge in [0.2, 0.25) is 0 Å². The SMILES string of the molecule is C[C@]1(N)CC(C(=O)O)c2cc(F)ccc2O1. The number of aliphatic carboxylic acids is 1. The molecule has 86 valence electrons. The van der Waals surface area contributed by atoms with E-state index in [-0.39, 0.29) is 6.42 Å². The Morgan fingerprint density at radius 3 is 3.00 bits per heavy atom. The van der Waals surface area contributed by atoms with Gasteiger partial charge in [-0.15, -0.1) is 0 Å². The second kappa shape index (κ2) is 3.45. The number of rotatable bonds is 1. The number of hydrogen-bond acceptors (Lipinski definition) is 3. The summed E-state index contributed by atoms with van der Waals surface area (Å²) in [7, 11) is 0. The third-order valence-corrected chi connectivity index (χ3v) is 2.60. The third-order valence-electron chi connectivity index (χ3n) is 2.60. The van der Waals surface area contributed by atoms with Crippen molar-refractivity contribution in [3.8, 4) is 5.75 Å². The fourth-order valence-corrected chi connectivity index (χ4v) is 1.91. The zero-order valence-corrected chi connectivity index (χ0v) is 8.74.